The number of amides is 3. The van der Waals surface area contributed by atoms with Crippen LogP contribution in [0.4, 0.5) is 4.79 Å². The molecule has 0 aromatic rings. The van der Waals surface area contributed by atoms with Crippen LogP contribution in [0.2, 0.25) is 0 Å². The summed E-state index contributed by atoms with van der Waals surface area (Å²) in [6.45, 7) is 3.51. The average molecular weight is 381 g/mol. The van der Waals surface area contributed by atoms with Gasteiger partial charge in [0, 0.05) is 13.0 Å². The van der Waals surface area contributed by atoms with Crippen molar-refractivity contribution < 1.29 is 29.3 Å². The zero-order valence-corrected chi connectivity index (χ0v) is 14.1. The Morgan fingerprint density at radius 1 is 1.50 bits per heavy atom. The molecule has 0 bridgehead atoms. The maximum absolute atomic E-state index is 12.3. The van der Waals surface area contributed by atoms with Gasteiger partial charge in [0.15, 0.2) is 6.23 Å². The Morgan fingerprint density at radius 3 is 2.68 bits per heavy atom. The van der Waals surface area contributed by atoms with Gasteiger partial charge in [-0.05, 0) is 13.3 Å². The highest BCUT2D eigenvalue weighted by molar-refractivity contribution is 9.10. The van der Waals surface area contributed by atoms with E-state index in [2.05, 4.69) is 21.2 Å². The minimum atomic E-state index is -1.09. The van der Waals surface area contributed by atoms with Crippen molar-refractivity contribution in [2.75, 3.05) is 13.2 Å². The number of rotatable bonds is 5. The Kier molecular flexibility index (Phi) is 5.44. The van der Waals surface area contributed by atoms with Crippen molar-refractivity contribution in [3.63, 3.8) is 0 Å². The van der Waals surface area contributed by atoms with E-state index in [0.717, 1.165) is 0 Å². The van der Waals surface area contributed by atoms with E-state index >= 15 is 0 Å². The molecule has 126 valence electrons. The maximum Gasteiger partial charge on any atom is 0.328 e. The smallest absolute Gasteiger partial charge is 0.328 e. The highest BCUT2D eigenvalue weighted by Gasteiger charge is 2.55. The molecule has 2 aliphatic rings. The van der Waals surface area contributed by atoms with Crippen molar-refractivity contribution in [3.8, 4) is 0 Å². The molecule has 0 radical (unpaired) electrons. The summed E-state index contributed by atoms with van der Waals surface area (Å²) in [5.41, 5.74) is 0. The number of nitrogens with one attached hydrogen (secondary N) is 1. The molecule has 0 unspecified atom stereocenters. The summed E-state index contributed by atoms with van der Waals surface area (Å²) in [4.78, 5) is 25.7. The third kappa shape index (κ3) is 2.88. The van der Waals surface area contributed by atoms with Crippen LogP contribution < -0.4 is 5.32 Å². The first-order chi connectivity index (χ1) is 10.4. The topological polar surface area (TPSA) is 108 Å². The van der Waals surface area contributed by atoms with Crippen LogP contribution in [0.25, 0.3) is 0 Å². The zero-order chi connectivity index (χ0) is 16.5. The Labute approximate surface area is 136 Å². The normalized spacial score (nSPS) is 39.2. The van der Waals surface area contributed by atoms with Crippen molar-refractivity contribution in [2.45, 2.75) is 55.7 Å². The molecule has 22 heavy (non-hydrogen) atoms. The van der Waals surface area contributed by atoms with Gasteiger partial charge >= 0.3 is 6.03 Å². The zero-order valence-electron chi connectivity index (χ0n) is 12.5. The van der Waals surface area contributed by atoms with Crippen LogP contribution in [-0.4, -0.2) is 69.3 Å². The fraction of sp³-hybridized carbons (Fsp3) is 0.846. The number of nitrogens with zero attached hydrogens (tertiary/aromatic N) is 1. The van der Waals surface area contributed by atoms with Crippen molar-refractivity contribution in [1.29, 1.82) is 0 Å². The second-order valence-electron chi connectivity index (χ2n) is 5.31. The van der Waals surface area contributed by atoms with E-state index in [1.807, 2.05) is 0 Å². The first kappa shape index (κ1) is 17.6. The summed E-state index contributed by atoms with van der Waals surface area (Å²) in [7, 11) is 0. The first-order valence-corrected chi connectivity index (χ1v) is 8.06. The monoisotopic (exact) mass is 380 g/mol. The number of aliphatic hydroxyl groups excluding tert-OH is 2. The summed E-state index contributed by atoms with van der Waals surface area (Å²) in [5.74, 6) is -0.466. The van der Waals surface area contributed by atoms with E-state index in [9.17, 15) is 19.8 Å². The molecule has 2 heterocycles. The van der Waals surface area contributed by atoms with E-state index < -0.39 is 40.9 Å². The van der Waals surface area contributed by atoms with Crippen molar-refractivity contribution in [3.05, 3.63) is 0 Å². The maximum atomic E-state index is 12.3. The second kappa shape index (κ2) is 6.79. The predicted octanol–water partition coefficient (Wildman–Crippen LogP) is -0.0873. The summed E-state index contributed by atoms with van der Waals surface area (Å²) >= 11 is 3.39. The minimum absolute atomic E-state index is 0.142. The lowest BCUT2D eigenvalue weighted by atomic mass is 9.99. The number of ether oxygens (including phenoxy) is 2. The lowest BCUT2D eigenvalue weighted by Gasteiger charge is -2.46. The van der Waals surface area contributed by atoms with E-state index in [1.54, 1.807) is 13.8 Å². The number of carbonyl (C=O) groups excluding carboxylic acids is 2. The second-order valence-corrected chi connectivity index (χ2v) is 6.72. The summed E-state index contributed by atoms with van der Waals surface area (Å²) in [6.07, 6.45) is -2.74. The van der Waals surface area contributed by atoms with Gasteiger partial charge in [0.25, 0.3) is 0 Å². The average Bonchev–Trinajstić information content (AvgIpc) is 2.85. The molecule has 0 saturated carbocycles. The Bertz CT molecular complexity index is 450. The van der Waals surface area contributed by atoms with Gasteiger partial charge in [-0.15, -0.1) is 0 Å². The van der Waals surface area contributed by atoms with Crippen LogP contribution in [0, 0.1) is 0 Å². The number of alkyl halides is 1. The molecular weight excluding hydrogens is 360 g/mol. The molecule has 0 aromatic carbocycles. The van der Waals surface area contributed by atoms with Crippen LogP contribution in [0.1, 0.15) is 26.7 Å². The molecule has 0 aromatic heterocycles. The predicted molar refractivity (Wildman–Crippen MR) is 79.1 cm³/mol. The van der Waals surface area contributed by atoms with Crippen molar-refractivity contribution in [2.24, 2.45) is 0 Å². The van der Waals surface area contributed by atoms with Gasteiger partial charge in [0.2, 0.25) is 5.91 Å². The van der Waals surface area contributed by atoms with Crippen LogP contribution in [-0.2, 0) is 14.3 Å². The van der Waals surface area contributed by atoms with E-state index in [-0.39, 0.29) is 13.0 Å². The number of aliphatic hydroxyl groups is 2. The number of hydrogen-bond donors (Lipinski definition) is 3. The van der Waals surface area contributed by atoms with E-state index in [0.29, 0.717) is 13.0 Å². The molecule has 3 amide bonds. The summed E-state index contributed by atoms with van der Waals surface area (Å²) in [5, 5.41) is 21.3. The third-order valence-corrected chi connectivity index (χ3v) is 5.32. The van der Waals surface area contributed by atoms with E-state index in [1.165, 1.54) is 4.90 Å². The molecule has 3 N–H and O–H groups in total. The molecule has 2 rings (SSSR count). The van der Waals surface area contributed by atoms with Gasteiger partial charge in [-0.1, -0.05) is 22.9 Å². The van der Waals surface area contributed by atoms with Crippen molar-refractivity contribution in [1.82, 2.24) is 10.2 Å². The number of hydrogen-bond acceptors (Lipinski definition) is 6. The third-order valence-electron chi connectivity index (χ3n) is 4.01. The number of imide groups is 1. The number of urea groups is 1. The highest BCUT2D eigenvalue weighted by atomic mass is 79.9. The fourth-order valence-electron chi connectivity index (χ4n) is 2.74. The molecule has 2 aliphatic heterocycles. The van der Waals surface area contributed by atoms with Crippen LogP contribution >= 0.6 is 15.9 Å². The first-order valence-electron chi connectivity index (χ1n) is 7.27. The number of carbonyl (C=O) groups is 2. The van der Waals surface area contributed by atoms with Gasteiger partial charge in [0.05, 0.1) is 12.7 Å². The molecule has 8 nitrogen and oxygen atoms in total. The van der Waals surface area contributed by atoms with E-state index in [4.69, 9.17) is 9.47 Å². The number of halogens is 1. The van der Waals surface area contributed by atoms with Gasteiger partial charge in [0.1, 0.15) is 16.7 Å². The molecule has 0 spiro atoms. The molecule has 2 saturated heterocycles. The Balaban J connectivity index is 2.30. The van der Waals surface area contributed by atoms with Gasteiger partial charge in [-0.3, -0.25) is 15.0 Å². The van der Waals surface area contributed by atoms with Gasteiger partial charge in [-0.2, -0.15) is 0 Å². The Morgan fingerprint density at radius 2 is 2.18 bits per heavy atom. The lowest BCUT2D eigenvalue weighted by molar-refractivity contribution is -0.160. The largest absolute Gasteiger partial charge is 0.394 e. The Hall–Kier alpha value is -0.740. The molecule has 0 aliphatic carbocycles. The SMILES string of the molecule is CCO[C@H]1N([C@H]2C[C@H](O)[C@@H](CO)O2)C(=O)NC(=O)[C@@]1(Br)CC. The fourth-order valence-corrected chi connectivity index (χ4v) is 3.19. The summed E-state index contributed by atoms with van der Waals surface area (Å²) in [6, 6.07) is -0.636. The summed E-state index contributed by atoms with van der Waals surface area (Å²) < 4.78 is 10.1. The van der Waals surface area contributed by atoms with Gasteiger partial charge in [-0.25, -0.2) is 4.79 Å². The standard InChI is InChI=1S/C13H21BrN2O6/c1-3-13(14)10(19)15-12(20)16(11(13)21-4-2)9-5-7(18)8(6-17)22-9/h7-9,11,17-18H,3-6H2,1-2H3,(H,15,19,20)/t7-,8+,9+,11+,13-/m0/s1. The van der Waals surface area contributed by atoms with Crippen LogP contribution in [0.3, 0.4) is 0 Å². The van der Waals surface area contributed by atoms with Crippen LogP contribution in [0.15, 0.2) is 0 Å². The molecule has 9 heteroatoms. The molecular formula is C13H21BrN2O6. The lowest BCUT2D eigenvalue weighted by Crippen LogP contribution is -2.70. The van der Waals surface area contributed by atoms with Crippen molar-refractivity contribution >= 4 is 27.9 Å². The quantitative estimate of drug-likeness (QED) is 0.575. The van der Waals surface area contributed by atoms with Gasteiger partial charge < -0.3 is 19.7 Å². The minimum Gasteiger partial charge on any atom is -0.394 e. The van der Waals surface area contributed by atoms with Crippen LogP contribution in [0.5, 0.6) is 0 Å². The highest BCUT2D eigenvalue weighted by Crippen LogP contribution is 2.37. The molecule has 5 atom stereocenters. The molecule has 2 fully saturated rings.